The Morgan fingerprint density at radius 3 is 1.71 bits per heavy atom. The van der Waals surface area contributed by atoms with E-state index in [2.05, 4.69) is 78.4 Å². The summed E-state index contributed by atoms with van der Waals surface area (Å²) >= 11 is 0. The van der Waals surface area contributed by atoms with Gasteiger partial charge in [-0.05, 0) is 57.0 Å². The lowest BCUT2D eigenvalue weighted by Crippen LogP contribution is -2.59. The fourth-order valence-corrected chi connectivity index (χ4v) is 6.04. The summed E-state index contributed by atoms with van der Waals surface area (Å²) in [6, 6.07) is -0.848. The van der Waals surface area contributed by atoms with Crippen molar-refractivity contribution in [2.75, 3.05) is 13.1 Å². The second-order valence-electron chi connectivity index (χ2n) is 13.9. The monoisotopic (exact) mass is 529 g/mol. The van der Waals surface area contributed by atoms with Crippen LogP contribution in [0.25, 0.3) is 0 Å². The molecule has 35 heavy (non-hydrogen) atoms. The first-order valence-corrected chi connectivity index (χ1v) is 18.4. The van der Waals surface area contributed by atoms with Gasteiger partial charge in [0.05, 0.1) is 12.6 Å². The van der Waals surface area contributed by atoms with Gasteiger partial charge >= 0.3 is 0 Å². The van der Waals surface area contributed by atoms with Crippen molar-refractivity contribution in [2.24, 2.45) is 0 Å². The molecule has 0 bridgehead atoms. The number of hydrogen-bond donors (Lipinski definition) is 2. The summed E-state index contributed by atoms with van der Waals surface area (Å²) < 4.78 is 13.7. The van der Waals surface area contributed by atoms with Gasteiger partial charge in [-0.1, -0.05) is 41.5 Å². The second-order valence-corrected chi connectivity index (χ2v) is 23.4. The first-order valence-electron chi connectivity index (χ1n) is 12.6. The number of carbonyl (C=O) groups is 3. The topological polar surface area (TPSA) is 97.0 Å². The Hall–Kier alpha value is -1.24. The first-order chi connectivity index (χ1) is 15.4. The van der Waals surface area contributed by atoms with Gasteiger partial charge in [0.15, 0.2) is 16.6 Å². The molecule has 2 N–H and O–H groups in total. The number of carbonyl (C=O) groups excluding carboxylic acids is 3. The highest BCUT2D eigenvalue weighted by molar-refractivity contribution is 6.74. The molecule has 1 fully saturated rings. The second kappa shape index (κ2) is 10.6. The van der Waals surface area contributed by atoms with Crippen LogP contribution in [0.15, 0.2) is 0 Å². The normalized spacial score (nSPS) is 22.2. The minimum atomic E-state index is -2.33. The van der Waals surface area contributed by atoms with Crippen molar-refractivity contribution in [3.05, 3.63) is 0 Å². The van der Waals surface area contributed by atoms with Gasteiger partial charge in [0, 0.05) is 19.0 Å². The van der Waals surface area contributed by atoms with Gasteiger partial charge in [0.1, 0.15) is 12.1 Å². The molecule has 0 aromatic heterocycles. The van der Waals surface area contributed by atoms with Crippen molar-refractivity contribution in [2.45, 2.75) is 129 Å². The molecule has 0 spiro atoms. The molecule has 1 heterocycles. The van der Waals surface area contributed by atoms with Crippen LogP contribution in [-0.2, 0) is 23.2 Å². The van der Waals surface area contributed by atoms with Crippen molar-refractivity contribution in [3.8, 4) is 0 Å². The third-order valence-corrected chi connectivity index (χ3v) is 16.4. The predicted molar refractivity (Wildman–Crippen MR) is 146 cm³/mol. The largest absolute Gasteiger partial charge is 0.409 e. The maximum atomic E-state index is 13.7. The van der Waals surface area contributed by atoms with Gasteiger partial charge in [-0.2, -0.15) is 0 Å². The van der Waals surface area contributed by atoms with Crippen LogP contribution < -0.4 is 10.6 Å². The van der Waals surface area contributed by atoms with Crippen LogP contribution >= 0.6 is 0 Å². The van der Waals surface area contributed by atoms with E-state index in [1.54, 1.807) is 4.90 Å². The maximum Gasteiger partial charge on any atom is 0.245 e. The van der Waals surface area contributed by atoms with Gasteiger partial charge in [-0.25, -0.2) is 0 Å². The molecule has 0 aromatic rings. The molecule has 3 amide bonds. The lowest BCUT2D eigenvalue weighted by Gasteiger charge is -2.43. The highest BCUT2D eigenvalue weighted by atomic mass is 28.4. The predicted octanol–water partition coefficient (Wildman–Crippen LogP) is 4.03. The van der Waals surface area contributed by atoms with Gasteiger partial charge < -0.3 is 24.4 Å². The number of nitrogens with one attached hydrogen (secondary N) is 2. The average molecular weight is 530 g/mol. The first kappa shape index (κ1) is 31.8. The summed E-state index contributed by atoms with van der Waals surface area (Å²) in [6.07, 6.45) is -1.05. The summed E-state index contributed by atoms with van der Waals surface area (Å²) in [7, 11) is -4.58. The quantitative estimate of drug-likeness (QED) is 0.486. The van der Waals surface area contributed by atoms with Crippen molar-refractivity contribution in [1.29, 1.82) is 0 Å². The molecule has 0 radical (unpaired) electrons. The summed E-state index contributed by atoms with van der Waals surface area (Å²) in [5, 5.41) is 5.49. The molecular weight excluding hydrogens is 478 g/mol. The Labute approximate surface area is 215 Å². The molecule has 1 rings (SSSR count). The third-order valence-electron chi connectivity index (χ3n) is 7.45. The molecule has 10 heteroatoms. The van der Waals surface area contributed by atoms with Crippen LogP contribution in [0.1, 0.15) is 69.2 Å². The number of nitrogens with zero attached hydrogens (tertiary/aromatic N) is 1. The SMILES string of the molecule is CC(=O)NCC(=O)N1C[C@H](O[Si](C)(C)C(C)(C)C)[C@@H](O[Si](C)(C)C(C)(C)C)C1C(=O)NC(C)(C)C. The number of hydrogen-bond acceptors (Lipinski definition) is 5. The minimum Gasteiger partial charge on any atom is -0.409 e. The minimum absolute atomic E-state index is 0.0503. The van der Waals surface area contributed by atoms with Crippen LogP contribution in [0.5, 0.6) is 0 Å². The van der Waals surface area contributed by atoms with E-state index in [0.29, 0.717) is 0 Å². The molecule has 1 aliphatic rings. The Balaban J connectivity index is 3.57. The third kappa shape index (κ3) is 8.40. The standard InChI is InChI=1S/C25H51N3O5Si2/c1-17(29)26-15-19(30)28-16-18(32-34(11,12)24(5,6)7)21(33-35(13,14)25(8,9)10)20(28)22(31)27-23(2,3)4/h18,20-21H,15-16H2,1-14H3,(H,26,29)(H,27,31)/t18-,20?,21+/m0/s1. The number of amides is 3. The highest BCUT2D eigenvalue weighted by Gasteiger charge is 2.55. The van der Waals surface area contributed by atoms with Crippen molar-refractivity contribution in [3.63, 3.8) is 0 Å². The van der Waals surface area contributed by atoms with Gasteiger partial charge in [0.2, 0.25) is 17.7 Å². The smallest absolute Gasteiger partial charge is 0.245 e. The molecule has 0 aliphatic carbocycles. The van der Waals surface area contributed by atoms with Crippen LogP contribution in [0.2, 0.25) is 36.3 Å². The lowest BCUT2D eigenvalue weighted by molar-refractivity contribution is -0.141. The molecule has 204 valence electrons. The van der Waals surface area contributed by atoms with Gasteiger partial charge in [0.25, 0.3) is 0 Å². The van der Waals surface area contributed by atoms with E-state index in [-0.39, 0.29) is 40.9 Å². The van der Waals surface area contributed by atoms with Crippen LogP contribution in [0.4, 0.5) is 0 Å². The zero-order valence-electron chi connectivity index (χ0n) is 24.6. The van der Waals surface area contributed by atoms with Crippen LogP contribution in [0, 0.1) is 0 Å². The molecule has 0 aromatic carbocycles. The zero-order chi connectivity index (χ0) is 27.8. The Bertz CT molecular complexity index is 794. The summed E-state index contributed by atoms with van der Waals surface area (Å²) in [4.78, 5) is 40.0. The summed E-state index contributed by atoms with van der Waals surface area (Å²) in [5.41, 5.74) is -0.483. The van der Waals surface area contributed by atoms with E-state index in [0.717, 1.165) is 0 Å². The van der Waals surface area contributed by atoms with E-state index in [4.69, 9.17) is 8.85 Å². The zero-order valence-corrected chi connectivity index (χ0v) is 26.6. The maximum absolute atomic E-state index is 13.7. The van der Waals surface area contributed by atoms with E-state index < -0.39 is 40.4 Å². The molecule has 1 saturated heterocycles. The van der Waals surface area contributed by atoms with E-state index in [1.807, 2.05) is 20.8 Å². The van der Waals surface area contributed by atoms with E-state index >= 15 is 0 Å². The van der Waals surface area contributed by atoms with Crippen LogP contribution in [-0.4, -0.2) is 76.1 Å². The molecule has 1 aliphatic heterocycles. The molecule has 8 nitrogen and oxygen atoms in total. The van der Waals surface area contributed by atoms with Gasteiger partial charge in [-0.15, -0.1) is 0 Å². The average Bonchev–Trinajstić information content (AvgIpc) is 2.93. The number of rotatable bonds is 7. The highest BCUT2D eigenvalue weighted by Crippen LogP contribution is 2.43. The Morgan fingerprint density at radius 1 is 0.857 bits per heavy atom. The Morgan fingerprint density at radius 2 is 1.31 bits per heavy atom. The van der Waals surface area contributed by atoms with E-state index in [1.165, 1.54) is 6.92 Å². The summed E-state index contributed by atoms with van der Waals surface area (Å²) in [5.74, 6) is -0.880. The molecule has 3 atom stereocenters. The molecule has 0 saturated carbocycles. The lowest BCUT2D eigenvalue weighted by atomic mass is 10.1. The molecular formula is C25H51N3O5Si2. The number of likely N-dealkylation sites (tertiary alicyclic amines) is 1. The summed E-state index contributed by atoms with van der Waals surface area (Å²) in [6.45, 7) is 28.8. The van der Waals surface area contributed by atoms with E-state index in [9.17, 15) is 14.4 Å². The molecule has 1 unspecified atom stereocenters. The Kier molecular flexibility index (Phi) is 9.66. The van der Waals surface area contributed by atoms with Crippen molar-refractivity contribution >= 4 is 34.4 Å². The fourth-order valence-electron chi connectivity index (χ4n) is 3.40. The van der Waals surface area contributed by atoms with Gasteiger partial charge in [-0.3, -0.25) is 14.4 Å². The van der Waals surface area contributed by atoms with Crippen molar-refractivity contribution in [1.82, 2.24) is 15.5 Å². The van der Waals surface area contributed by atoms with Crippen LogP contribution in [0.3, 0.4) is 0 Å². The fraction of sp³-hybridized carbons (Fsp3) is 0.880. The van der Waals surface area contributed by atoms with Crippen molar-refractivity contribution < 1.29 is 23.2 Å².